The van der Waals surface area contributed by atoms with Gasteiger partial charge < -0.3 is 19.5 Å². The van der Waals surface area contributed by atoms with Gasteiger partial charge in [0.1, 0.15) is 12.4 Å². The van der Waals surface area contributed by atoms with Crippen LogP contribution in [0.25, 0.3) is 0 Å². The fraction of sp³-hybridized carbons (Fsp3) is 0.240. The molecule has 1 N–H and O–H groups in total. The van der Waals surface area contributed by atoms with E-state index >= 15 is 0 Å². The lowest BCUT2D eigenvalue weighted by atomic mass is 10.1. The Bertz CT molecular complexity index is 1230. The summed E-state index contributed by atoms with van der Waals surface area (Å²) in [4.78, 5) is 13.2. The van der Waals surface area contributed by atoms with Crippen molar-refractivity contribution >= 4 is 27.3 Å². The zero-order valence-corrected chi connectivity index (χ0v) is 20.4. The molecule has 34 heavy (non-hydrogen) atoms. The molecule has 0 atom stereocenters. The molecule has 0 radical (unpaired) electrons. The van der Waals surface area contributed by atoms with Crippen molar-refractivity contribution in [2.75, 3.05) is 36.6 Å². The van der Waals surface area contributed by atoms with Crippen LogP contribution in [0.15, 0.2) is 66.7 Å². The zero-order chi connectivity index (χ0) is 24.7. The summed E-state index contributed by atoms with van der Waals surface area (Å²) in [6, 6.07) is 19.7. The quantitative estimate of drug-likeness (QED) is 0.461. The molecule has 0 aliphatic carbocycles. The molecule has 180 valence electrons. The molecular formula is C25H28N2O6S. The Hall–Kier alpha value is -3.72. The van der Waals surface area contributed by atoms with Crippen LogP contribution in [-0.2, 0) is 16.6 Å². The number of hydrogen-bond acceptors (Lipinski definition) is 6. The van der Waals surface area contributed by atoms with Crippen LogP contribution in [0.1, 0.15) is 22.8 Å². The monoisotopic (exact) mass is 484 g/mol. The fourth-order valence-corrected chi connectivity index (χ4v) is 4.07. The van der Waals surface area contributed by atoms with Crippen molar-refractivity contribution in [1.82, 2.24) is 0 Å². The summed E-state index contributed by atoms with van der Waals surface area (Å²) < 4.78 is 42.5. The molecule has 0 fully saturated rings. The molecular weight excluding hydrogens is 456 g/mol. The van der Waals surface area contributed by atoms with E-state index in [0.717, 1.165) is 9.87 Å². The van der Waals surface area contributed by atoms with Gasteiger partial charge in [-0.3, -0.25) is 9.10 Å². The summed E-state index contributed by atoms with van der Waals surface area (Å²) in [5, 5.41) is 2.80. The molecule has 0 saturated heterocycles. The van der Waals surface area contributed by atoms with Gasteiger partial charge in [0.25, 0.3) is 5.91 Å². The summed E-state index contributed by atoms with van der Waals surface area (Å²) in [5.74, 6) is 0.661. The number of ether oxygens (including phenoxy) is 3. The average molecular weight is 485 g/mol. The lowest BCUT2D eigenvalue weighted by molar-refractivity contribution is 0.102. The van der Waals surface area contributed by atoms with Gasteiger partial charge in [-0.05, 0) is 42.8 Å². The van der Waals surface area contributed by atoms with Crippen LogP contribution >= 0.6 is 0 Å². The van der Waals surface area contributed by atoms with Gasteiger partial charge in [-0.1, -0.05) is 30.3 Å². The molecule has 1 amide bonds. The minimum atomic E-state index is -3.62. The topological polar surface area (TPSA) is 94.2 Å². The van der Waals surface area contributed by atoms with Crippen molar-refractivity contribution < 1.29 is 27.4 Å². The Morgan fingerprint density at radius 3 is 2.15 bits per heavy atom. The van der Waals surface area contributed by atoms with Gasteiger partial charge in [0, 0.05) is 18.8 Å². The standard InChI is InChI=1S/C25H28N2O6S/c1-5-34(29,30)27(2)22-16-24(32-4)23(31-3)15-21(22)25(28)26-19-11-13-20(14-12-19)33-17-18-9-7-6-8-10-18/h6-16H,5,17H2,1-4H3,(H,26,28). The molecule has 0 bridgehead atoms. The highest BCUT2D eigenvalue weighted by Gasteiger charge is 2.25. The number of amides is 1. The van der Waals surface area contributed by atoms with E-state index in [0.29, 0.717) is 29.5 Å². The lowest BCUT2D eigenvalue weighted by Gasteiger charge is -2.23. The van der Waals surface area contributed by atoms with E-state index in [4.69, 9.17) is 14.2 Å². The normalized spacial score (nSPS) is 10.9. The van der Waals surface area contributed by atoms with Crippen LogP contribution in [-0.4, -0.2) is 41.3 Å². The molecule has 3 aromatic carbocycles. The van der Waals surface area contributed by atoms with Gasteiger partial charge in [-0.2, -0.15) is 0 Å². The van der Waals surface area contributed by atoms with E-state index in [1.165, 1.54) is 40.3 Å². The largest absolute Gasteiger partial charge is 0.493 e. The van der Waals surface area contributed by atoms with Crippen molar-refractivity contribution in [3.63, 3.8) is 0 Å². The van der Waals surface area contributed by atoms with E-state index in [1.54, 1.807) is 24.3 Å². The Morgan fingerprint density at radius 1 is 0.941 bits per heavy atom. The van der Waals surface area contributed by atoms with Crippen molar-refractivity contribution in [2.45, 2.75) is 13.5 Å². The van der Waals surface area contributed by atoms with Crippen molar-refractivity contribution in [1.29, 1.82) is 0 Å². The van der Waals surface area contributed by atoms with Gasteiger partial charge in [-0.25, -0.2) is 8.42 Å². The maximum absolute atomic E-state index is 13.2. The Kier molecular flexibility index (Phi) is 8.01. The number of methoxy groups -OCH3 is 2. The third kappa shape index (κ3) is 5.79. The van der Waals surface area contributed by atoms with E-state index in [-0.39, 0.29) is 17.0 Å². The number of anilines is 2. The molecule has 9 heteroatoms. The summed E-state index contributed by atoms with van der Waals surface area (Å²) in [7, 11) is 0.665. The molecule has 0 aliphatic heterocycles. The first-order chi connectivity index (χ1) is 16.3. The number of carbonyl (C=O) groups excluding carboxylic acids is 1. The van der Waals surface area contributed by atoms with Crippen molar-refractivity contribution in [3.8, 4) is 17.2 Å². The van der Waals surface area contributed by atoms with Gasteiger partial charge in [-0.15, -0.1) is 0 Å². The molecule has 0 saturated carbocycles. The second-order valence-corrected chi connectivity index (χ2v) is 9.63. The molecule has 3 aromatic rings. The Balaban J connectivity index is 1.83. The van der Waals surface area contributed by atoms with E-state index in [2.05, 4.69) is 5.32 Å². The molecule has 3 rings (SSSR count). The minimum absolute atomic E-state index is 0.122. The van der Waals surface area contributed by atoms with E-state index in [9.17, 15) is 13.2 Å². The minimum Gasteiger partial charge on any atom is -0.493 e. The first kappa shape index (κ1) is 24.9. The first-order valence-electron chi connectivity index (χ1n) is 10.6. The molecule has 8 nitrogen and oxygen atoms in total. The number of carbonyl (C=O) groups is 1. The summed E-state index contributed by atoms with van der Waals surface area (Å²) in [6.45, 7) is 1.97. The van der Waals surface area contributed by atoms with E-state index in [1.807, 2.05) is 30.3 Å². The summed E-state index contributed by atoms with van der Waals surface area (Å²) in [5.41, 5.74) is 1.88. The number of rotatable bonds is 10. The first-order valence-corrected chi connectivity index (χ1v) is 12.2. The Morgan fingerprint density at radius 2 is 1.56 bits per heavy atom. The number of nitrogens with one attached hydrogen (secondary N) is 1. The summed E-state index contributed by atoms with van der Waals surface area (Å²) in [6.07, 6.45) is 0. The number of benzene rings is 3. The fourth-order valence-electron chi connectivity index (χ4n) is 3.23. The lowest BCUT2D eigenvalue weighted by Crippen LogP contribution is -2.30. The van der Waals surface area contributed by atoms with Crippen LogP contribution in [0.4, 0.5) is 11.4 Å². The van der Waals surface area contributed by atoms with Gasteiger partial charge >= 0.3 is 0 Å². The maximum atomic E-state index is 13.2. The highest BCUT2D eigenvalue weighted by Crippen LogP contribution is 2.36. The average Bonchev–Trinajstić information content (AvgIpc) is 2.87. The molecule has 0 unspecified atom stereocenters. The third-order valence-electron chi connectivity index (χ3n) is 5.23. The molecule has 0 aliphatic rings. The highest BCUT2D eigenvalue weighted by atomic mass is 32.2. The van der Waals surface area contributed by atoms with Crippen molar-refractivity contribution in [2.24, 2.45) is 0 Å². The highest BCUT2D eigenvalue weighted by molar-refractivity contribution is 7.92. The van der Waals surface area contributed by atoms with Gasteiger partial charge in [0.15, 0.2) is 11.5 Å². The molecule has 0 spiro atoms. The second-order valence-electron chi connectivity index (χ2n) is 7.35. The molecule has 0 heterocycles. The van der Waals surface area contributed by atoms with Gasteiger partial charge in [0.05, 0.1) is 31.2 Å². The maximum Gasteiger partial charge on any atom is 0.257 e. The van der Waals surface area contributed by atoms with Crippen LogP contribution in [0.3, 0.4) is 0 Å². The SMILES string of the molecule is CCS(=O)(=O)N(C)c1cc(OC)c(OC)cc1C(=O)Nc1ccc(OCc2ccccc2)cc1. The number of hydrogen-bond donors (Lipinski definition) is 1. The third-order valence-corrected chi connectivity index (χ3v) is 6.99. The summed E-state index contributed by atoms with van der Waals surface area (Å²) >= 11 is 0. The van der Waals surface area contributed by atoms with E-state index < -0.39 is 15.9 Å². The smallest absolute Gasteiger partial charge is 0.257 e. The zero-order valence-electron chi connectivity index (χ0n) is 19.6. The van der Waals surface area contributed by atoms with Crippen LogP contribution in [0.5, 0.6) is 17.2 Å². The van der Waals surface area contributed by atoms with Crippen LogP contribution < -0.4 is 23.8 Å². The van der Waals surface area contributed by atoms with Crippen LogP contribution in [0, 0.1) is 0 Å². The van der Waals surface area contributed by atoms with Crippen molar-refractivity contribution in [3.05, 3.63) is 77.9 Å². The predicted octanol–water partition coefficient (Wildman–Crippen LogP) is 4.32. The number of nitrogens with zero attached hydrogens (tertiary/aromatic N) is 1. The Labute approximate surface area is 200 Å². The van der Waals surface area contributed by atoms with Gasteiger partial charge in [0.2, 0.25) is 10.0 Å². The number of sulfonamides is 1. The predicted molar refractivity (Wildman–Crippen MR) is 133 cm³/mol. The van der Waals surface area contributed by atoms with Crippen LogP contribution in [0.2, 0.25) is 0 Å². The molecule has 0 aromatic heterocycles. The second kappa shape index (κ2) is 10.9.